The largest absolute Gasteiger partial charge is 0.348 e. The van der Waals surface area contributed by atoms with Gasteiger partial charge in [-0.1, -0.05) is 42.0 Å². The fraction of sp³-hybridized carbons (Fsp3) is 0.318. The van der Waals surface area contributed by atoms with E-state index in [1.807, 2.05) is 31.2 Å². The highest BCUT2D eigenvalue weighted by Gasteiger charge is 2.29. The lowest BCUT2D eigenvalue weighted by Crippen LogP contribution is -2.42. The molecule has 28 heavy (non-hydrogen) atoms. The molecule has 2 N–H and O–H groups in total. The lowest BCUT2D eigenvalue weighted by molar-refractivity contribution is -0.134. The van der Waals surface area contributed by atoms with Gasteiger partial charge < -0.3 is 15.5 Å². The predicted octanol–water partition coefficient (Wildman–Crippen LogP) is 2.87. The van der Waals surface area contributed by atoms with Crippen molar-refractivity contribution in [3.05, 3.63) is 65.2 Å². The fourth-order valence-corrected chi connectivity index (χ4v) is 3.35. The molecule has 1 atom stereocenters. The number of rotatable bonds is 6. The number of carbonyl (C=O) groups excluding carboxylic acids is 3. The topological polar surface area (TPSA) is 78.5 Å². The number of carbonyl (C=O) groups is 3. The van der Waals surface area contributed by atoms with E-state index in [1.54, 1.807) is 36.1 Å². The van der Waals surface area contributed by atoms with Crippen LogP contribution in [0.15, 0.2) is 48.5 Å². The zero-order chi connectivity index (χ0) is 20.1. The van der Waals surface area contributed by atoms with Crippen molar-refractivity contribution < 1.29 is 14.4 Å². The van der Waals surface area contributed by atoms with Crippen molar-refractivity contribution in [2.24, 2.45) is 0 Å². The summed E-state index contributed by atoms with van der Waals surface area (Å²) in [7, 11) is 0. The number of nitrogens with zero attached hydrogens (tertiary/aromatic N) is 1. The molecule has 0 aromatic heterocycles. The van der Waals surface area contributed by atoms with Gasteiger partial charge in [0.2, 0.25) is 11.8 Å². The molecule has 0 unspecified atom stereocenters. The number of likely N-dealkylation sites (tertiary alicyclic amines) is 1. The molecule has 1 aliphatic rings. The molecule has 0 aliphatic carbocycles. The molecule has 1 saturated heterocycles. The Morgan fingerprint density at radius 3 is 2.64 bits per heavy atom. The van der Waals surface area contributed by atoms with Gasteiger partial charge in [-0.3, -0.25) is 14.4 Å². The average Bonchev–Trinajstić information content (AvgIpc) is 3.12. The van der Waals surface area contributed by atoms with E-state index >= 15 is 0 Å². The first-order valence-electron chi connectivity index (χ1n) is 9.49. The van der Waals surface area contributed by atoms with Crippen LogP contribution < -0.4 is 10.6 Å². The van der Waals surface area contributed by atoms with E-state index in [4.69, 9.17) is 0 Å². The number of aryl methyl sites for hydroxylation is 1. The highest BCUT2D eigenvalue weighted by molar-refractivity contribution is 6.05. The second-order valence-corrected chi connectivity index (χ2v) is 7.07. The Bertz CT molecular complexity index is 894. The number of para-hydroxylation sites is 1. The molecule has 6 nitrogen and oxygen atoms in total. The van der Waals surface area contributed by atoms with E-state index in [-0.39, 0.29) is 17.7 Å². The number of benzene rings is 2. The Kier molecular flexibility index (Phi) is 6.09. The number of hydrogen-bond donors (Lipinski definition) is 2. The van der Waals surface area contributed by atoms with Gasteiger partial charge in [-0.15, -0.1) is 0 Å². The Morgan fingerprint density at radius 2 is 1.93 bits per heavy atom. The van der Waals surface area contributed by atoms with Crippen LogP contribution >= 0.6 is 0 Å². The molecule has 0 saturated carbocycles. The second kappa shape index (κ2) is 8.69. The molecule has 6 heteroatoms. The summed E-state index contributed by atoms with van der Waals surface area (Å²) in [5, 5.41) is 5.70. The van der Waals surface area contributed by atoms with E-state index in [2.05, 4.69) is 10.6 Å². The molecule has 1 heterocycles. The summed E-state index contributed by atoms with van der Waals surface area (Å²) in [6.45, 7) is 4.70. The number of anilines is 1. The van der Waals surface area contributed by atoms with Gasteiger partial charge in [0.05, 0.1) is 11.3 Å². The zero-order valence-corrected chi connectivity index (χ0v) is 16.2. The molecule has 1 aliphatic heterocycles. The van der Waals surface area contributed by atoms with Crippen LogP contribution in [-0.4, -0.2) is 35.2 Å². The maximum absolute atomic E-state index is 12.7. The van der Waals surface area contributed by atoms with Crippen molar-refractivity contribution in [3.8, 4) is 0 Å². The minimum absolute atomic E-state index is 0.00756. The average molecular weight is 379 g/mol. The van der Waals surface area contributed by atoms with Gasteiger partial charge in [-0.25, -0.2) is 0 Å². The van der Waals surface area contributed by atoms with E-state index in [0.717, 1.165) is 17.5 Å². The van der Waals surface area contributed by atoms with Crippen LogP contribution in [0.4, 0.5) is 5.69 Å². The molecule has 146 valence electrons. The summed E-state index contributed by atoms with van der Waals surface area (Å²) < 4.78 is 0. The van der Waals surface area contributed by atoms with Gasteiger partial charge >= 0.3 is 0 Å². The Morgan fingerprint density at radius 1 is 1.14 bits per heavy atom. The summed E-state index contributed by atoms with van der Waals surface area (Å²) in [4.78, 5) is 38.7. The van der Waals surface area contributed by atoms with Crippen LogP contribution in [0.3, 0.4) is 0 Å². The van der Waals surface area contributed by atoms with Gasteiger partial charge in [0.1, 0.15) is 6.04 Å². The molecule has 3 rings (SSSR count). The Labute approximate surface area is 164 Å². The van der Waals surface area contributed by atoms with Gasteiger partial charge in [-0.2, -0.15) is 0 Å². The lowest BCUT2D eigenvalue weighted by atomic mass is 10.1. The first kappa shape index (κ1) is 19.6. The van der Waals surface area contributed by atoms with Crippen molar-refractivity contribution in [1.82, 2.24) is 10.2 Å². The van der Waals surface area contributed by atoms with Crippen molar-refractivity contribution in [2.75, 3.05) is 11.9 Å². The Balaban J connectivity index is 1.67. The predicted molar refractivity (Wildman–Crippen MR) is 108 cm³/mol. The summed E-state index contributed by atoms with van der Waals surface area (Å²) in [5.74, 6) is -0.566. The maximum atomic E-state index is 12.7. The normalized spacial score (nSPS) is 14.6. The van der Waals surface area contributed by atoms with E-state index in [9.17, 15) is 14.4 Å². The highest BCUT2D eigenvalue weighted by atomic mass is 16.2. The molecular weight excluding hydrogens is 354 g/mol. The minimum atomic E-state index is -0.571. The van der Waals surface area contributed by atoms with E-state index < -0.39 is 6.04 Å². The number of nitrogens with one attached hydrogen (secondary N) is 2. The fourth-order valence-electron chi connectivity index (χ4n) is 3.35. The van der Waals surface area contributed by atoms with Crippen LogP contribution in [0.25, 0.3) is 0 Å². The standard InChI is InChI=1S/C22H25N3O3/c1-15-7-5-8-17(13-15)14-23-22(28)18-9-3-4-10-19(18)24-21(27)16(2)25-12-6-11-20(25)26/h3-5,7-10,13,16H,6,11-12,14H2,1-2H3,(H,23,28)(H,24,27)/t16-/m1/s1. The second-order valence-electron chi connectivity index (χ2n) is 7.07. The lowest BCUT2D eigenvalue weighted by Gasteiger charge is -2.23. The zero-order valence-electron chi connectivity index (χ0n) is 16.2. The quantitative estimate of drug-likeness (QED) is 0.810. The summed E-state index contributed by atoms with van der Waals surface area (Å²) in [6.07, 6.45) is 1.25. The van der Waals surface area contributed by atoms with E-state index in [1.165, 1.54) is 0 Å². The highest BCUT2D eigenvalue weighted by Crippen LogP contribution is 2.18. The van der Waals surface area contributed by atoms with Crippen LogP contribution in [-0.2, 0) is 16.1 Å². The molecule has 3 amide bonds. The molecule has 1 fully saturated rings. The smallest absolute Gasteiger partial charge is 0.253 e. The monoisotopic (exact) mass is 379 g/mol. The maximum Gasteiger partial charge on any atom is 0.253 e. The van der Waals surface area contributed by atoms with Crippen molar-refractivity contribution >= 4 is 23.4 Å². The van der Waals surface area contributed by atoms with Gasteiger partial charge in [0.15, 0.2) is 0 Å². The van der Waals surface area contributed by atoms with Crippen LogP contribution in [0.1, 0.15) is 41.3 Å². The number of hydrogen-bond acceptors (Lipinski definition) is 3. The molecule has 0 bridgehead atoms. The first-order valence-corrected chi connectivity index (χ1v) is 9.49. The van der Waals surface area contributed by atoms with Crippen LogP contribution in [0.5, 0.6) is 0 Å². The minimum Gasteiger partial charge on any atom is -0.348 e. The van der Waals surface area contributed by atoms with Crippen molar-refractivity contribution in [1.29, 1.82) is 0 Å². The third-order valence-corrected chi connectivity index (χ3v) is 4.92. The molecule has 0 spiro atoms. The molecular formula is C22H25N3O3. The van der Waals surface area contributed by atoms with Gasteiger partial charge in [0.25, 0.3) is 5.91 Å². The summed E-state index contributed by atoms with van der Waals surface area (Å²) in [6, 6.07) is 14.2. The van der Waals surface area contributed by atoms with Crippen LogP contribution in [0, 0.1) is 6.92 Å². The Hall–Kier alpha value is -3.15. The van der Waals surface area contributed by atoms with Crippen LogP contribution in [0.2, 0.25) is 0 Å². The van der Waals surface area contributed by atoms with Crippen molar-refractivity contribution in [3.63, 3.8) is 0 Å². The molecule has 0 radical (unpaired) electrons. The molecule has 2 aromatic rings. The summed E-state index contributed by atoms with van der Waals surface area (Å²) >= 11 is 0. The SMILES string of the molecule is Cc1cccc(CNC(=O)c2ccccc2NC(=O)[C@@H](C)N2CCCC2=O)c1. The van der Waals surface area contributed by atoms with Crippen molar-refractivity contribution in [2.45, 2.75) is 39.3 Å². The number of amides is 3. The van der Waals surface area contributed by atoms with Gasteiger partial charge in [0, 0.05) is 19.5 Å². The third kappa shape index (κ3) is 4.57. The first-order chi connectivity index (χ1) is 13.5. The van der Waals surface area contributed by atoms with Gasteiger partial charge in [-0.05, 0) is 38.0 Å². The third-order valence-electron chi connectivity index (χ3n) is 4.92. The summed E-state index contributed by atoms with van der Waals surface area (Å²) in [5.41, 5.74) is 2.97. The molecule has 2 aromatic carbocycles. The van der Waals surface area contributed by atoms with E-state index in [0.29, 0.717) is 30.8 Å².